The number of carboxylic acid groups (broad SMARTS) is 1. The summed E-state index contributed by atoms with van der Waals surface area (Å²) >= 11 is 0. The van der Waals surface area contributed by atoms with Gasteiger partial charge < -0.3 is 15.3 Å². The molecule has 1 aliphatic rings. The van der Waals surface area contributed by atoms with Gasteiger partial charge in [-0.15, -0.1) is 0 Å². The summed E-state index contributed by atoms with van der Waals surface area (Å²) in [6.45, 7) is 1.25. The van der Waals surface area contributed by atoms with E-state index in [2.05, 4.69) is 5.32 Å². The lowest BCUT2D eigenvalue weighted by molar-refractivity contribution is -0.144. The van der Waals surface area contributed by atoms with Crippen LogP contribution in [-0.4, -0.2) is 48.1 Å². The second kappa shape index (κ2) is 3.34. The van der Waals surface area contributed by atoms with Gasteiger partial charge in [-0.1, -0.05) is 0 Å². The number of piperazine rings is 1. The summed E-state index contributed by atoms with van der Waals surface area (Å²) in [5, 5.41) is 11.2. The van der Waals surface area contributed by atoms with E-state index in [0.717, 1.165) is 0 Å². The molecule has 5 heteroatoms. The molecule has 1 heterocycles. The first-order valence-corrected chi connectivity index (χ1v) is 3.40. The van der Waals surface area contributed by atoms with Gasteiger partial charge in [-0.2, -0.15) is 0 Å². The third-order valence-electron chi connectivity index (χ3n) is 1.51. The summed E-state index contributed by atoms with van der Waals surface area (Å²) < 4.78 is 0. The van der Waals surface area contributed by atoms with Crippen LogP contribution in [0.4, 0.5) is 0 Å². The summed E-state index contributed by atoms with van der Waals surface area (Å²) in [6, 6.07) is 0. The molecule has 1 fully saturated rings. The Kier molecular flexibility index (Phi) is 2.43. The van der Waals surface area contributed by atoms with Crippen molar-refractivity contribution in [2.45, 2.75) is 0 Å². The van der Waals surface area contributed by atoms with Crippen molar-refractivity contribution < 1.29 is 14.7 Å². The molecule has 1 saturated heterocycles. The lowest BCUT2D eigenvalue weighted by atomic mass is 10.3. The molecule has 0 unspecified atom stereocenters. The van der Waals surface area contributed by atoms with Crippen LogP contribution in [0.3, 0.4) is 0 Å². The third-order valence-corrected chi connectivity index (χ3v) is 1.51. The predicted molar refractivity (Wildman–Crippen MR) is 37.1 cm³/mol. The molecule has 1 rings (SSSR count). The average Bonchev–Trinajstić information content (AvgIpc) is 1.93. The number of amides is 1. The molecule has 5 nitrogen and oxygen atoms in total. The number of nitrogens with zero attached hydrogens (tertiary/aromatic N) is 1. The molecule has 0 aromatic rings. The van der Waals surface area contributed by atoms with Gasteiger partial charge in [-0.25, -0.2) is 0 Å². The first kappa shape index (κ1) is 8.00. The Labute approximate surface area is 64.0 Å². The fourth-order valence-corrected chi connectivity index (χ4v) is 0.976. The van der Waals surface area contributed by atoms with Crippen LogP contribution in [-0.2, 0) is 9.59 Å². The molecule has 0 aromatic heterocycles. The fourth-order valence-electron chi connectivity index (χ4n) is 0.976. The Bertz CT molecular complexity index is 181. The van der Waals surface area contributed by atoms with Gasteiger partial charge in [-0.05, 0) is 0 Å². The average molecular weight is 158 g/mol. The van der Waals surface area contributed by atoms with Crippen molar-refractivity contribution >= 4 is 11.9 Å². The van der Waals surface area contributed by atoms with Crippen molar-refractivity contribution in [3.63, 3.8) is 0 Å². The largest absolute Gasteiger partial charge is 0.480 e. The number of nitrogens with one attached hydrogen (secondary N) is 1. The van der Waals surface area contributed by atoms with E-state index in [4.69, 9.17) is 5.11 Å². The highest BCUT2D eigenvalue weighted by molar-refractivity contribution is 5.83. The quantitative estimate of drug-likeness (QED) is 0.513. The van der Waals surface area contributed by atoms with Crippen LogP contribution in [0.2, 0.25) is 0 Å². The van der Waals surface area contributed by atoms with E-state index in [-0.39, 0.29) is 19.0 Å². The van der Waals surface area contributed by atoms with Crippen molar-refractivity contribution in [2.24, 2.45) is 0 Å². The van der Waals surface area contributed by atoms with Gasteiger partial charge in [0.15, 0.2) is 0 Å². The summed E-state index contributed by atoms with van der Waals surface area (Å²) in [5.41, 5.74) is 0. The van der Waals surface area contributed by atoms with Crippen LogP contribution in [0.1, 0.15) is 0 Å². The first-order chi connectivity index (χ1) is 5.20. The fraction of sp³-hybridized carbons (Fsp3) is 0.667. The highest BCUT2D eigenvalue weighted by atomic mass is 16.4. The zero-order valence-electron chi connectivity index (χ0n) is 6.04. The van der Waals surface area contributed by atoms with Gasteiger partial charge in [0.1, 0.15) is 6.54 Å². The molecule has 0 aromatic carbocycles. The van der Waals surface area contributed by atoms with Crippen molar-refractivity contribution in [3.05, 3.63) is 0 Å². The normalized spacial score (nSPS) is 18.5. The Balaban J connectivity index is 2.42. The van der Waals surface area contributed by atoms with Crippen molar-refractivity contribution in [1.29, 1.82) is 0 Å². The van der Waals surface area contributed by atoms with E-state index in [1.165, 1.54) is 4.90 Å². The van der Waals surface area contributed by atoms with Gasteiger partial charge >= 0.3 is 5.97 Å². The number of hydrogen-bond acceptors (Lipinski definition) is 3. The molecule has 0 atom stereocenters. The van der Waals surface area contributed by atoms with E-state index in [1.54, 1.807) is 0 Å². The standard InChI is InChI=1S/C6H10N2O3/c9-5-3-7-1-2-8(5)4-6(10)11/h7H,1-4H2,(H,10,11). The topological polar surface area (TPSA) is 69.6 Å². The van der Waals surface area contributed by atoms with Crippen LogP contribution >= 0.6 is 0 Å². The number of carbonyl (C=O) groups is 2. The van der Waals surface area contributed by atoms with Crippen molar-refractivity contribution in [3.8, 4) is 0 Å². The molecule has 1 amide bonds. The van der Waals surface area contributed by atoms with Gasteiger partial charge in [0, 0.05) is 13.1 Å². The molecular weight excluding hydrogens is 148 g/mol. The molecular formula is C6H10N2O3. The smallest absolute Gasteiger partial charge is 0.323 e. The highest BCUT2D eigenvalue weighted by Crippen LogP contribution is 1.92. The molecule has 0 radical (unpaired) electrons. The van der Waals surface area contributed by atoms with Crippen molar-refractivity contribution in [2.75, 3.05) is 26.2 Å². The minimum absolute atomic E-state index is 0.140. The Morgan fingerprint density at radius 3 is 3.00 bits per heavy atom. The summed E-state index contributed by atoms with van der Waals surface area (Å²) in [6.07, 6.45) is 0. The maximum absolute atomic E-state index is 10.9. The number of rotatable bonds is 2. The first-order valence-electron chi connectivity index (χ1n) is 3.40. The lowest BCUT2D eigenvalue weighted by Gasteiger charge is -2.25. The van der Waals surface area contributed by atoms with Crippen molar-refractivity contribution in [1.82, 2.24) is 10.2 Å². The van der Waals surface area contributed by atoms with Gasteiger partial charge in [0.25, 0.3) is 0 Å². The van der Waals surface area contributed by atoms with E-state index < -0.39 is 5.97 Å². The molecule has 0 saturated carbocycles. The van der Waals surface area contributed by atoms with Crippen LogP contribution in [0.5, 0.6) is 0 Å². The number of aliphatic carboxylic acids is 1. The second-order valence-corrected chi connectivity index (χ2v) is 2.39. The molecule has 0 bridgehead atoms. The summed E-state index contributed by atoms with van der Waals surface area (Å²) in [5.74, 6) is -1.10. The number of carbonyl (C=O) groups excluding carboxylic acids is 1. The number of hydrogen-bond donors (Lipinski definition) is 2. The Morgan fingerprint density at radius 2 is 2.45 bits per heavy atom. The molecule has 11 heavy (non-hydrogen) atoms. The summed E-state index contributed by atoms with van der Waals surface area (Å²) in [7, 11) is 0. The Morgan fingerprint density at radius 1 is 1.73 bits per heavy atom. The zero-order valence-corrected chi connectivity index (χ0v) is 6.04. The van der Waals surface area contributed by atoms with Crippen LogP contribution in [0.15, 0.2) is 0 Å². The lowest BCUT2D eigenvalue weighted by Crippen LogP contribution is -2.49. The van der Waals surface area contributed by atoms with Crippen LogP contribution in [0, 0.1) is 0 Å². The zero-order chi connectivity index (χ0) is 8.27. The SMILES string of the molecule is O=C(O)CN1CCNCC1=O. The van der Waals surface area contributed by atoms with Crippen LogP contribution < -0.4 is 5.32 Å². The van der Waals surface area contributed by atoms with Gasteiger partial charge in [0.2, 0.25) is 5.91 Å². The molecule has 1 aliphatic heterocycles. The predicted octanol–water partition coefficient (Wildman–Crippen LogP) is -1.50. The minimum Gasteiger partial charge on any atom is -0.480 e. The summed E-state index contributed by atoms with van der Waals surface area (Å²) in [4.78, 5) is 22.5. The second-order valence-electron chi connectivity index (χ2n) is 2.39. The van der Waals surface area contributed by atoms with E-state index in [0.29, 0.717) is 13.1 Å². The van der Waals surface area contributed by atoms with E-state index in [9.17, 15) is 9.59 Å². The van der Waals surface area contributed by atoms with E-state index in [1.807, 2.05) is 0 Å². The Hall–Kier alpha value is -1.10. The molecule has 0 aliphatic carbocycles. The van der Waals surface area contributed by atoms with Gasteiger partial charge in [-0.3, -0.25) is 9.59 Å². The molecule has 2 N–H and O–H groups in total. The minimum atomic E-state index is -0.958. The maximum Gasteiger partial charge on any atom is 0.323 e. The van der Waals surface area contributed by atoms with Crippen LogP contribution in [0.25, 0.3) is 0 Å². The number of carboxylic acids is 1. The molecule has 62 valence electrons. The highest BCUT2D eigenvalue weighted by Gasteiger charge is 2.19. The monoisotopic (exact) mass is 158 g/mol. The third kappa shape index (κ3) is 2.19. The maximum atomic E-state index is 10.9. The van der Waals surface area contributed by atoms with E-state index >= 15 is 0 Å². The molecule has 0 spiro atoms. The van der Waals surface area contributed by atoms with Gasteiger partial charge in [0.05, 0.1) is 6.54 Å².